The smallest absolute Gasteiger partial charge is 0.337 e. The summed E-state index contributed by atoms with van der Waals surface area (Å²) in [5.74, 6) is -0.0113. The number of aromatic carboxylic acids is 1. The summed E-state index contributed by atoms with van der Waals surface area (Å²) in [6.07, 6.45) is 1.65. The van der Waals surface area contributed by atoms with Crippen molar-refractivity contribution in [1.29, 1.82) is 0 Å². The second-order valence-electron chi connectivity index (χ2n) is 6.90. The summed E-state index contributed by atoms with van der Waals surface area (Å²) in [7, 11) is 0. The molecule has 0 radical (unpaired) electrons. The first kappa shape index (κ1) is 19.4. The van der Waals surface area contributed by atoms with Crippen molar-refractivity contribution in [3.63, 3.8) is 0 Å². The van der Waals surface area contributed by atoms with Crippen LogP contribution < -0.4 is 9.64 Å². The normalized spacial score (nSPS) is 13.7. The summed E-state index contributed by atoms with van der Waals surface area (Å²) >= 11 is 0. The van der Waals surface area contributed by atoms with Gasteiger partial charge in [0.25, 0.3) is 5.91 Å². The van der Waals surface area contributed by atoms with Gasteiger partial charge in [-0.05, 0) is 36.4 Å². The van der Waals surface area contributed by atoms with Gasteiger partial charge in [-0.2, -0.15) is 0 Å². The summed E-state index contributed by atoms with van der Waals surface area (Å²) in [6, 6.07) is 19.4. The highest BCUT2D eigenvalue weighted by atomic mass is 16.5. The van der Waals surface area contributed by atoms with Crippen LogP contribution in [0.3, 0.4) is 0 Å². The number of rotatable bonds is 5. The second kappa shape index (κ2) is 8.65. The van der Waals surface area contributed by atoms with Gasteiger partial charge < -0.3 is 19.6 Å². The van der Waals surface area contributed by atoms with Gasteiger partial charge in [-0.3, -0.25) is 4.79 Å². The van der Waals surface area contributed by atoms with Crippen LogP contribution in [0.1, 0.15) is 20.7 Å². The van der Waals surface area contributed by atoms with Gasteiger partial charge >= 0.3 is 5.97 Å². The van der Waals surface area contributed by atoms with Crippen molar-refractivity contribution in [2.75, 3.05) is 31.1 Å². The maximum atomic E-state index is 13.0. The number of aromatic nitrogens is 1. The minimum atomic E-state index is -0.950. The van der Waals surface area contributed by atoms with Crippen molar-refractivity contribution in [1.82, 2.24) is 9.88 Å². The standard InChI is InChI=1S/C23H21N3O4/c27-22(17-6-5-7-18(16-17)30-21-10-3-4-11-24-21)26-14-12-25(13-15-26)20-9-2-1-8-19(20)23(28)29/h1-11,16H,12-15H2,(H,28,29). The first-order chi connectivity index (χ1) is 14.6. The van der Waals surface area contributed by atoms with Crippen molar-refractivity contribution >= 4 is 17.6 Å². The van der Waals surface area contributed by atoms with Gasteiger partial charge in [-0.1, -0.05) is 24.3 Å². The minimum absolute atomic E-state index is 0.0763. The Morgan fingerprint density at radius 3 is 2.40 bits per heavy atom. The minimum Gasteiger partial charge on any atom is -0.478 e. The van der Waals surface area contributed by atoms with Crippen molar-refractivity contribution in [2.24, 2.45) is 0 Å². The molecule has 30 heavy (non-hydrogen) atoms. The van der Waals surface area contributed by atoms with Gasteiger partial charge in [0.05, 0.1) is 11.3 Å². The van der Waals surface area contributed by atoms with Crippen LogP contribution in [0.4, 0.5) is 5.69 Å². The van der Waals surface area contributed by atoms with E-state index in [1.54, 1.807) is 65.7 Å². The van der Waals surface area contributed by atoms with Crippen LogP contribution in [0.25, 0.3) is 0 Å². The zero-order valence-electron chi connectivity index (χ0n) is 16.3. The van der Waals surface area contributed by atoms with Gasteiger partial charge in [0.15, 0.2) is 0 Å². The molecule has 0 aliphatic carbocycles. The number of para-hydroxylation sites is 1. The molecule has 0 spiro atoms. The Balaban J connectivity index is 1.43. The Morgan fingerprint density at radius 1 is 0.900 bits per heavy atom. The van der Waals surface area contributed by atoms with Crippen molar-refractivity contribution < 1.29 is 19.4 Å². The molecule has 7 heteroatoms. The summed E-state index contributed by atoms with van der Waals surface area (Å²) < 4.78 is 5.72. The molecule has 1 fully saturated rings. The van der Waals surface area contributed by atoms with E-state index in [4.69, 9.17) is 4.74 Å². The van der Waals surface area contributed by atoms with E-state index >= 15 is 0 Å². The number of piperazine rings is 1. The molecule has 2 heterocycles. The number of carboxylic acids is 1. The Kier molecular flexibility index (Phi) is 5.61. The zero-order chi connectivity index (χ0) is 20.9. The largest absolute Gasteiger partial charge is 0.478 e. The van der Waals surface area contributed by atoms with E-state index in [-0.39, 0.29) is 11.5 Å². The lowest BCUT2D eigenvalue weighted by atomic mass is 10.1. The molecular formula is C23H21N3O4. The summed E-state index contributed by atoms with van der Waals surface area (Å²) in [6.45, 7) is 2.16. The van der Waals surface area contributed by atoms with Crippen molar-refractivity contribution in [3.8, 4) is 11.6 Å². The van der Waals surface area contributed by atoms with Crippen LogP contribution in [0, 0.1) is 0 Å². The van der Waals surface area contributed by atoms with E-state index in [0.717, 1.165) is 0 Å². The van der Waals surface area contributed by atoms with E-state index in [1.807, 2.05) is 17.0 Å². The molecule has 152 valence electrons. The van der Waals surface area contributed by atoms with Crippen LogP contribution in [0.2, 0.25) is 0 Å². The number of pyridine rings is 1. The Bertz CT molecular complexity index is 1050. The van der Waals surface area contributed by atoms with E-state index in [1.165, 1.54) is 0 Å². The number of anilines is 1. The predicted octanol–water partition coefficient (Wildman–Crippen LogP) is 3.53. The Labute approximate surface area is 174 Å². The number of amides is 1. The first-order valence-corrected chi connectivity index (χ1v) is 9.67. The average molecular weight is 403 g/mol. The molecular weight excluding hydrogens is 382 g/mol. The fraction of sp³-hybridized carbons (Fsp3) is 0.174. The second-order valence-corrected chi connectivity index (χ2v) is 6.90. The molecule has 1 saturated heterocycles. The van der Waals surface area contributed by atoms with Gasteiger partial charge in [0, 0.05) is 44.0 Å². The maximum Gasteiger partial charge on any atom is 0.337 e. The fourth-order valence-corrected chi connectivity index (χ4v) is 3.48. The quantitative estimate of drug-likeness (QED) is 0.702. The molecule has 0 unspecified atom stereocenters. The molecule has 1 aliphatic heterocycles. The van der Waals surface area contributed by atoms with E-state index < -0.39 is 5.97 Å². The highest BCUT2D eigenvalue weighted by Gasteiger charge is 2.24. The molecule has 1 aliphatic rings. The molecule has 2 aromatic carbocycles. The number of nitrogens with zero attached hydrogens (tertiary/aromatic N) is 3. The monoisotopic (exact) mass is 403 g/mol. The lowest BCUT2D eigenvalue weighted by Crippen LogP contribution is -2.49. The number of carbonyl (C=O) groups is 2. The van der Waals surface area contributed by atoms with Crippen LogP contribution in [-0.4, -0.2) is 53.0 Å². The maximum absolute atomic E-state index is 13.0. The SMILES string of the molecule is O=C(O)c1ccccc1N1CCN(C(=O)c2cccc(Oc3ccccn3)c2)CC1. The number of ether oxygens (including phenoxy) is 1. The molecule has 0 atom stereocenters. The molecule has 1 N–H and O–H groups in total. The van der Waals surface area contributed by atoms with Crippen LogP contribution in [-0.2, 0) is 0 Å². The van der Waals surface area contributed by atoms with E-state index in [0.29, 0.717) is 49.1 Å². The van der Waals surface area contributed by atoms with Gasteiger partial charge in [-0.15, -0.1) is 0 Å². The van der Waals surface area contributed by atoms with Gasteiger partial charge in [0.1, 0.15) is 5.75 Å². The third-order valence-electron chi connectivity index (χ3n) is 4.98. The Morgan fingerprint density at radius 2 is 1.67 bits per heavy atom. The third kappa shape index (κ3) is 4.25. The Hall–Kier alpha value is -3.87. The van der Waals surface area contributed by atoms with Gasteiger partial charge in [-0.25, -0.2) is 9.78 Å². The third-order valence-corrected chi connectivity index (χ3v) is 4.98. The van der Waals surface area contributed by atoms with Crippen molar-refractivity contribution in [3.05, 3.63) is 84.1 Å². The molecule has 4 rings (SSSR count). The van der Waals surface area contributed by atoms with E-state index in [2.05, 4.69) is 4.98 Å². The summed E-state index contributed by atoms with van der Waals surface area (Å²) in [4.78, 5) is 32.4. The predicted molar refractivity (Wildman–Crippen MR) is 112 cm³/mol. The molecule has 1 aromatic heterocycles. The van der Waals surface area contributed by atoms with Crippen LogP contribution in [0.5, 0.6) is 11.6 Å². The topological polar surface area (TPSA) is 83.0 Å². The molecule has 3 aromatic rings. The fourth-order valence-electron chi connectivity index (χ4n) is 3.48. The molecule has 0 saturated carbocycles. The zero-order valence-corrected chi connectivity index (χ0v) is 16.3. The van der Waals surface area contributed by atoms with Crippen LogP contribution >= 0.6 is 0 Å². The number of carboxylic acid groups (broad SMARTS) is 1. The summed E-state index contributed by atoms with van der Waals surface area (Å²) in [5, 5.41) is 9.41. The lowest BCUT2D eigenvalue weighted by Gasteiger charge is -2.36. The number of hydrogen-bond donors (Lipinski definition) is 1. The van der Waals surface area contributed by atoms with Crippen molar-refractivity contribution in [2.45, 2.75) is 0 Å². The van der Waals surface area contributed by atoms with Crippen LogP contribution in [0.15, 0.2) is 72.9 Å². The highest BCUT2D eigenvalue weighted by Crippen LogP contribution is 2.24. The summed E-state index contributed by atoms with van der Waals surface area (Å²) in [5.41, 5.74) is 1.50. The lowest BCUT2D eigenvalue weighted by molar-refractivity contribution is 0.0693. The molecule has 1 amide bonds. The number of carbonyl (C=O) groups excluding carboxylic acids is 1. The van der Waals surface area contributed by atoms with E-state index in [9.17, 15) is 14.7 Å². The van der Waals surface area contributed by atoms with Gasteiger partial charge in [0.2, 0.25) is 5.88 Å². The molecule has 7 nitrogen and oxygen atoms in total. The first-order valence-electron chi connectivity index (χ1n) is 9.67. The number of hydrogen-bond acceptors (Lipinski definition) is 5. The average Bonchev–Trinajstić information content (AvgIpc) is 2.79. The highest BCUT2D eigenvalue weighted by molar-refractivity contribution is 5.96. The molecule has 0 bridgehead atoms. The number of benzene rings is 2.